The van der Waals surface area contributed by atoms with E-state index in [0.29, 0.717) is 17.5 Å². The van der Waals surface area contributed by atoms with Crippen molar-refractivity contribution in [2.75, 3.05) is 5.32 Å². The van der Waals surface area contributed by atoms with Gasteiger partial charge < -0.3 is 5.32 Å². The third-order valence-electron chi connectivity index (χ3n) is 2.55. The van der Waals surface area contributed by atoms with Gasteiger partial charge in [-0.15, -0.1) is 0 Å². The number of anilines is 1. The largest absolute Gasteiger partial charge is 0.366 e. The number of hydrogen-bond donors (Lipinski definition) is 1. The summed E-state index contributed by atoms with van der Waals surface area (Å²) in [5.41, 5.74) is 1.94. The van der Waals surface area contributed by atoms with Crippen molar-refractivity contribution in [1.82, 2.24) is 9.97 Å². The van der Waals surface area contributed by atoms with Gasteiger partial charge in [-0.1, -0.05) is 35.3 Å². The van der Waals surface area contributed by atoms with Crippen LogP contribution in [0.5, 0.6) is 0 Å². The van der Waals surface area contributed by atoms with Crippen LogP contribution in [-0.4, -0.2) is 9.97 Å². The maximum atomic E-state index is 6.01. The summed E-state index contributed by atoms with van der Waals surface area (Å²) in [4.78, 5) is 8.43. The normalized spacial score (nSPS) is 10.4. The number of benzene rings is 1. The van der Waals surface area contributed by atoms with Gasteiger partial charge in [0.1, 0.15) is 16.8 Å². The first-order valence-electron chi connectivity index (χ1n) is 5.55. The predicted molar refractivity (Wildman–Crippen MR) is 75.3 cm³/mol. The third kappa shape index (κ3) is 3.12. The summed E-state index contributed by atoms with van der Waals surface area (Å²) < 4.78 is 0. The Balaban J connectivity index is 2.15. The second kappa shape index (κ2) is 5.55. The first-order chi connectivity index (χ1) is 8.56. The summed E-state index contributed by atoms with van der Waals surface area (Å²) in [6.45, 7) is 4.35. The Bertz CT molecular complexity index is 570. The Morgan fingerprint density at radius 2 is 1.94 bits per heavy atom. The predicted octanol–water partition coefficient (Wildman–Crippen LogP) is 4.01. The number of rotatable bonds is 3. The standard InChI is InChI=1S/C13H13Cl2N3/c1-8-12(15)17-9(2)18-13(8)16-7-10-4-3-5-11(14)6-10/h3-6H,7H2,1-2H3,(H,16,17,18). The van der Waals surface area contributed by atoms with Crippen LogP contribution in [0.15, 0.2) is 24.3 Å². The molecule has 1 aromatic carbocycles. The minimum absolute atomic E-state index is 0.482. The molecule has 0 saturated carbocycles. The van der Waals surface area contributed by atoms with Gasteiger partial charge in [0.15, 0.2) is 0 Å². The third-order valence-corrected chi connectivity index (χ3v) is 3.15. The van der Waals surface area contributed by atoms with Gasteiger partial charge in [-0.3, -0.25) is 0 Å². The quantitative estimate of drug-likeness (QED) is 0.864. The van der Waals surface area contributed by atoms with Gasteiger partial charge in [0.05, 0.1) is 0 Å². The molecule has 0 aliphatic carbocycles. The van der Waals surface area contributed by atoms with E-state index in [4.69, 9.17) is 23.2 Å². The van der Waals surface area contributed by atoms with Crippen LogP contribution >= 0.6 is 23.2 Å². The second-order valence-electron chi connectivity index (χ2n) is 4.02. The molecule has 0 atom stereocenters. The van der Waals surface area contributed by atoms with Gasteiger partial charge in [0, 0.05) is 17.1 Å². The summed E-state index contributed by atoms with van der Waals surface area (Å²) in [6.07, 6.45) is 0. The Morgan fingerprint density at radius 3 is 2.67 bits per heavy atom. The Morgan fingerprint density at radius 1 is 1.17 bits per heavy atom. The van der Waals surface area contributed by atoms with E-state index in [1.807, 2.05) is 38.1 Å². The molecule has 3 nitrogen and oxygen atoms in total. The lowest BCUT2D eigenvalue weighted by Gasteiger charge is -2.10. The van der Waals surface area contributed by atoms with Gasteiger partial charge >= 0.3 is 0 Å². The van der Waals surface area contributed by atoms with Crippen molar-refractivity contribution < 1.29 is 0 Å². The highest BCUT2D eigenvalue weighted by atomic mass is 35.5. The zero-order valence-corrected chi connectivity index (χ0v) is 11.7. The molecular formula is C13H13Cl2N3. The number of halogens is 2. The van der Waals surface area contributed by atoms with E-state index in [-0.39, 0.29) is 0 Å². The van der Waals surface area contributed by atoms with E-state index >= 15 is 0 Å². The van der Waals surface area contributed by atoms with E-state index in [1.165, 1.54) is 0 Å². The summed E-state index contributed by atoms with van der Waals surface area (Å²) in [5, 5.41) is 4.45. The molecule has 5 heteroatoms. The van der Waals surface area contributed by atoms with Crippen LogP contribution < -0.4 is 5.32 Å². The first kappa shape index (κ1) is 13.1. The molecule has 0 unspecified atom stereocenters. The maximum absolute atomic E-state index is 6.01. The molecule has 0 fully saturated rings. The lowest BCUT2D eigenvalue weighted by atomic mass is 10.2. The molecule has 2 rings (SSSR count). The Labute approximate surface area is 116 Å². The van der Waals surface area contributed by atoms with Crippen molar-refractivity contribution in [3.8, 4) is 0 Å². The highest BCUT2D eigenvalue weighted by Crippen LogP contribution is 2.20. The number of aryl methyl sites for hydroxylation is 1. The smallest absolute Gasteiger partial charge is 0.137 e. The van der Waals surface area contributed by atoms with Crippen LogP contribution in [0.3, 0.4) is 0 Å². The van der Waals surface area contributed by atoms with Gasteiger partial charge in [0.2, 0.25) is 0 Å². The van der Waals surface area contributed by atoms with E-state index < -0.39 is 0 Å². The molecule has 1 N–H and O–H groups in total. The number of hydrogen-bond acceptors (Lipinski definition) is 3. The van der Waals surface area contributed by atoms with Crippen LogP contribution in [-0.2, 0) is 6.54 Å². The van der Waals surface area contributed by atoms with E-state index in [0.717, 1.165) is 22.0 Å². The summed E-state index contributed by atoms with van der Waals surface area (Å²) in [7, 11) is 0. The Kier molecular flexibility index (Phi) is 4.04. The SMILES string of the molecule is Cc1nc(Cl)c(C)c(NCc2cccc(Cl)c2)n1. The fraction of sp³-hybridized carbons (Fsp3) is 0.231. The maximum Gasteiger partial charge on any atom is 0.137 e. The molecule has 0 spiro atoms. The summed E-state index contributed by atoms with van der Waals surface area (Å²) in [5.74, 6) is 1.41. The zero-order valence-electron chi connectivity index (χ0n) is 10.2. The van der Waals surface area contributed by atoms with Crippen LogP contribution in [0, 0.1) is 13.8 Å². The highest BCUT2D eigenvalue weighted by Gasteiger charge is 2.06. The lowest BCUT2D eigenvalue weighted by Crippen LogP contribution is -2.05. The molecule has 18 heavy (non-hydrogen) atoms. The van der Waals surface area contributed by atoms with Crippen LogP contribution in [0.4, 0.5) is 5.82 Å². The fourth-order valence-corrected chi connectivity index (χ4v) is 2.02. The van der Waals surface area contributed by atoms with Gasteiger partial charge in [-0.2, -0.15) is 0 Å². The van der Waals surface area contributed by atoms with Crippen molar-refractivity contribution in [3.63, 3.8) is 0 Å². The summed E-state index contributed by atoms with van der Waals surface area (Å²) >= 11 is 11.9. The molecule has 0 aliphatic heterocycles. The number of nitrogens with one attached hydrogen (secondary N) is 1. The minimum Gasteiger partial charge on any atom is -0.366 e. The monoisotopic (exact) mass is 281 g/mol. The highest BCUT2D eigenvalue weighted by molar-refractivity contribution is 6.30. The first-order valence-corrected chi connectivity index (χ1v) is 6.31. The lowest BCUT2D eigenvalue weighted by molar-refractivity contribution is 1.00. The van der Waals surface area contributed by atoms with Crippen molar-refractivity contribution in [2.24, 2.45) is 0 Å². The molecule has 94 valence electrons. The fourth-order valence-electron chi connectivity index (χ4n) is 1.60. The zero-order chi connectivity index (χ0) is 13.1. The molecule has 0 aliphatic rings. The van der Waals surface area contributed by atoms with Gasteiger partial charge in [-0.25, -0.2) is 9.97 Å². The second-order valence-corrected chi connectivity index (χ2v) is 4.81. The summed E-state index contributed by atoms with van der Waals surface area (Å²) in [6, 6.07) is 7.69. The number of aromatic nitrogens is 2. The van der Waals surface area contributed by atoms with Gasteiger partial charge in [-0.05, 0) is 31.5 Å². The minimum atomic E-state index is 0.482. The van der Waals surface area contributed by atoms with E-state index in [1.54, 1.807) is 0 Å². The molecule has 0 saturated heterocycles. The topological polar surface area (TPSA) is 37.8 Å². The van der Waals surface area contributed by atoms with E-state index in [9.17, 15) is 0 Å². The molecule has 0 bridgehead atoms. The van der Waals surface area contributed by atoms with Crippen molar-refractivity contribution in [1.29, 1.82) is 0 Å². The van der Waals surface area contributed by atoms with Crippen molar-refractivity contribution in [2.45, 2.75) is 20.4 Å². The van der Waals surface area contributed by atoms with Crippen LogP contribution in [0.25, 0.3) is 0 Å². The Hall–Kier alpha value is -1.32. The van der Waals surface area contributed by atoms with Crippen molar-refractivity contribution in [3.05, 3.63) is 51.4 Å². The molecule has 1 aromatic heterocycles. The van der Waals surface area contributed by atoms with Crippen molar-refractivity contribution >= 4 is 29.0 Å². The van der Waals surface area contributed by atoms with E-state index in [2.05, 4.69) is 15.3 Å². The van der Waals surface area contributed by atoms with Crippen LogP contribution in [0.2, 0.25) is 10.2 Å². The molecule has 0 radical (unpaired) electrons. The van der Waals surface area contributed by atoms with Gasteiger partial charge in [0.25, 0.3) is 0 Å². The molecule has 2 aromatic rings. The molecule has 0 amide bonds. The average Bonchev–Trinajstić information content (AvgIpc) is 2.32. The van der Waals surface area contributed by atoms with Crippen LogP contribution in [0.1, 0.15) is 17.0 Å². The number of nitrogens with zero attached hydrogens (tertiary/aromatic N) is 2. The molecular weight excluding hydrogens is 269 g/mol. The molecule has 1 heterocycles. The average molecular weight is 282 g/mol.